The number of hydrogen-bond donors (Lipinski definition) is 3. The van der Waals surface area contributed by atoms with Gasteiger partial charge in [-0.2, -0.15) is 5.10 Å². The second-order valence-corrected chi connectivity index (χ2v) is 8.80. The van der Waals surface area contributed by atoms with Crippen molar-refractivity contribution in [1.29, 1.82) is 0 Å². The molecule has 1 saturated carbocycles. The number of H-pyrrole nitrogens is 2. The van der Waals surface area contributed by atoms with E-state index in [1.165, 1.54) is 0 Å². The molecule has 10 heteroatoms. The number of fused-ring (bicyclic) bond motifs is 2. The molecule has 0 saturated heterocycles. The van der Waals surface area contributed by atoms with Crippen molar-refractivity contribution < 1.29 is 4.79 Å². The van der Waals surface area contributed by atoms with Crippen molar-refractivity contribution in [2.45, 2.75) is 12.8 Å². The molecule has 1 amide bonds. The number of aromatic nitrogens is 8. The van der Waals surface area contributed by atoms with Crippen LogP contribution >= 0.6 is 0 Å². The molecular weight excluding hydrogens is 454 g/mol. The van der Waals surface area contributed by atoms with Gasteiger partial charge in [0.25, 0.3) is 0 Å². The average molecular weight is 474 g/mol. The van der Waals surface area contributed by atoms with Crippen LogP contribution in [0.25, 0.3) is 56.0 Å². The molecule has 0 unspecified atom stereocenters. The maximum atomic E-state index is 12.2. The molecule has 6 aromatic heterocycles. The number of anilines is 1. The van der Waals surface area contributed by atoms with E-state index >= 15 is 0 Å². The van der Waals surface area contributed by atoms with Gasteiger partial charge in [0.15, 0.2) is 5.82 Å². The molecule has 1 fully saturated rings. The SMILES string of the molecule is O=C(Nc1cncc(-c2cc3c(-c4nc5c(-c6ccccn6)cncc5[nH]4)n[nH]c3cn2)c1)C1CC1. The van der Waals surface area contributed by atoms with Gasteiger partial charge in [0.2, 0.25) is 5.91 Å². The highest BCUT2D eigenvalue weighted by Crippen LogP contribution is 2.33. The number of aromatic amines is 2. The lowest BCUT2D eigenvalue weighted by Gasteiger charge is -2.06. The zero-order valence-corrected chi connectivity index (χ0v) is 18.9. The molecule has 36 heavy (non-hydrogen) atoms. The predicted octanol–water partition coefficient (Wildman–Crippen LogP) is 4.37. The molecule has 1 aliphatic carbocycles. The Morgan fingerprint density at radius 1 is 0.944 bits per heavy atom. The van der Waals surface area contributed by atoms with Gasteiger partial charge in [-0.05, 0) is 37.1 Å². The van der Waals surface area contributed by atoms with Gasteiger partial charge in [0.1, 0.15) is 11.2 Å². The van der Waals surface area contributed by atoms with Crippen LogP contribution in [0.3, 0.4) is 0 Å². The van der Waals surface area contributed by atoms with Gasteiger partial charge in [0, 0.05) is 41.0 Å². The molecule has 1 aliphatic rings. The molecule has 3 N–H and O–H groups in total. The van der Waals surface area contributed by atoms with E-state index in [9.17, 15) is 4.79 Å². The number of imidazole rings is 1. The quantitative estimate of drug-likeness (QED) is 0.338. The standard InChI is InChI=1S/C26H19N9O/c36-26(14-4-5-14)31-16-7-15(9-27-10-16)20-8-17-21(13-30-20)34-35-24(17)25-32-22-12-28-11-18(23(22)33-25)19-3-1-2-6-29-19/h1-3,6-14H,4-5H2,(H,31,36)(H,32,33)(H,34,35). The van der Waals surface area contributed by atoms with Crippen molar-refractivity contribution in [2.24, 2.45) is 5.92 Å². The highest BCUT2D eigenvalue weighted by atomic mass is 16.2. The summed E-state index contributed by atoms with van der Waals surface area (Å²) >= 11 is 0. The Labute approximate surface area is 204 Å². The Balaban J connectivity index is 1.28. The summed E-state index contributed by atoms with van der Waals surface area (Å²) in [6.45, 7) is 0. The van der Waals surface area contributed by atoms with E-state index in [1.807, 2.05) is 30.3 Å². The van der Waals surface area contributed by atoms with E-state index in [-0.39, 0.29) is 11.8 Å². The minimum Gasteiger partial charge on any atom is -0.335 e. The Bertz CT molecular complexity index is 1750. The van der Waals surface area contributed by atoms with Crippen molar-refractivity contribution in [3.63, 3.8) is 0 Å². The van der Waals surface area contributed by atoms with Gasteiger partial charge in [-0.15, -0.1) is 0 Å². The number of pyridine rings is 4. The molecule has 0 bridgehead atoms. The Morgan fingerprint density at radius 2 is 1.86 bits per heavy atom. The highest BCUT2D eigenvalue weighted by Gasteiger charge is 2.29. The molecule has 6 heterocycles. The van der Waals surface area contributed by atoms with Crippen molar-refractivity contribution in [3.8, 4) is 34.0 Å². The van der Waals surface area contributed by atoms with Crippen molar-refractivity contribution in [1.82, 2.24) is 40.1 Å². The summed E-state index contributed by atoms with van der Waals surface area (Å²) in [6.07, 6.45) is 12.3. The van der Waals surface area contributed by atoms with Crippen LogP contribution in [-0.2, 0) is 4.79 Å². The van der Waals surface area contributed by atoms with E-state index in [0.717, 1.165) is 51.6 Å². The fraction of sp³-hybridized carbons (Fsp3) is 0.115. The van der Waals surface area contributed by atoms with Gasteiger partial charge >= 0.3 is 0 Å². The first kappa shape index (κ1) is 20.4. The van der Waals surface area contributed by atoms with Gasteiger partial charge in [-0.1, -0.05) is 6.07 Å². The first-order valence-electron chi connectivity index (χ1n) is 11.6. The normalized spacial score (nSPS) is 13.3. The average Bonchev–Trinajstić information content (AvgIpc) is 3.55. The van der Waals surface area contributed by atoms with Crippen LogP contribution < -0.4 is 5.32 Å². The van der Waals surface area contributed by atoms with Crippen LogP contribution in [0.15, 0.2) is 67.5 Å². The molecule has 0 spiro atoms. The maximum Gasteiger partial charge on any atom is 0.227 e. The largest absolute Gasteiger partial charge is 0.335 e. The molecule has 7 rings (SSSR count). The lowest BCUT2D eigenvalue weighted by molar-refractivity contribution is -0.117. The molecule has 0 aromatic carbocycles. The third-order valence-corrected chi connectivity index (χ3v) is 6.26. The first-order valence-corrected chi connectivity index (χ1v) is 11.6. The molecular formula is C26H19N9O. The third kappa shape index (κ3) is 3.56. The lowest BCUT2D eigenvalue weighted by atomic mass is 10.1. The molecule has 174 valence electrons. The van der Waals surface area contributed by atoms with Gasteiger partial charge < -0.3 is 10.3 Å². The summed E-state index contributed by atoms with van der Waals surface area (Å²) < 4.78 is 0. The van der Waals surface area contributed by atoms with Crippen molar-refractivity contribution in [2.75, 3.05) is 5.32 Å². The summed E-state index contributed by atoms with van der Waals surface area (Å²) in [5, 5.41) is 11.4. The van der Waals surface area contributed by atoms with Crippen LogP contribution in [0.1, 0.15) is 12.8 Å². The molecule has 10 nitrogen and oxygen atoms in total. The smallest absolute Gasteiger partial charge is 0.227 e. The van der Waals surface area contributed by atoms with Crippen LogP contribution in [0.5, 0.6) is 0 Å². The Morgan fingerprint density at radius 3 is 2.72 bits per heavy atom. The number of carbonyl (C=O) groups excluding carboxylic acids is 1. The van der Waals surface area contributed by atoms with E-state index < -0.39 is 0 Å². The van der Waals surface area contributed by atoms with Crippen LogP contribution in [0, 0.1) is 5.92 Å². The second kappa shape index (κ2) is 8.05. The zero-order chi connectivity index (χ0) is 24.1. The fourth-order valence-corrected chi connectivity index (χ4v) is 4.25. The van der Waals surface area contributed by atoms with Gasteiger partial charge in [0.05, 0.1) is 46.7 Å². The Kier molecular flexibility index (Phi) is 4.56. The number of nitrogens with zero attached hydrogens (tertiary/aromatic N) is 6. The highest BCUT2D eigenvalue weighted by molar-refractivity contribution is 5.97. The van der Waals surface area contributed by atoms with E-state index in [1.54, 1.807) is 37.2 Å². The van der Waals surface area contributed by atoms with E-state index in [2.05, 4.69) is 40.4 Å². The molecule has 0 radical (unpaired) electrons. The van der Waals surface area contributed by atoms with Gasteiger partial charge in [-0.3, -0.25) is 29.8 Å². The van der Waals surface area contributed by atoms with Crippen LogP contribution in [-0.4, -0.2) is 46.0 Å². The molecule has 0 atom stereocenters. The number of carbonyl (C=O) groups is 1. The fourth-order valence-electron chi connectivity index (χ4n) is 4.25. The van der Waals surface area contributed by atoms with Crippen LogP contribution in [0.4, 0.5) is 5.69 Å². The van der Waals surface area contributed by atoms with E-state index in [0.29, 0.717) is 22.9 Å². The topological polar surface area (TPSA) is 138 Å². The van der Waals surface area contributed by atoms with Crippen molar-refractivity contribution >= 4 is 33.5 Å². The molecule has 0 aliphatic heterocycles. The van der Waals surface area contributed by atoms with Crippen LogP contribution in [0.2, 0.25) is 0 Å². The first-order chi connectivity index (χ1) is 17.7. The number of nitrogens with one attached hydrogen (secondary N) is 3. The number of hydrogen-bond acceptors (Lipinski definition) is 7. The second-order valence-electron chi connectivity index (χ2n) is 8.80. The zero-order valence-electron chi connectivity index (χ0n) is 18.9. The molecule has 6 aromatic rings. The lowest BCUT2D eigenvalue weighted by Crippen LogP contribution is -2.13. The minimum atomic E-state index is 0.0407. The van der Waals surface area contributed by atoms with E-state index in [4.69, 9.17) is 4.98 Å². The summed E-state index contributed by atoms with van der Waals surface area (Å²) in [6, 6.07) is 9.57. The summed E-state index contributed by atoms with van der Waals surface area (Å²) in [5.74, 6) is 0.773. The summed E-state index contributed by atoms with van der Waals surface area (Å²) in [4.78, 5) is 38.0. The summed E-state index contributed by atoms with van der Waals surface area (Å²) in [7, 11) is 0. The van der Waals surface area contributed by atoms with Crippen molar-refractivity contribution in [3.05, 3.63) is 67.5 Å². The Hall–Kier alpha value is -4.99. The number of amides is 1. The van der Waals surface area contributed by atoms with Gasteiger partial charge in [-0.25, -0.2) is 4.98 Å². The minimum absolute atomic E-state index is 0.0407. The monoisotopic (exact) mass is 473 g/mol. The third-order valence-electron chi connectivity index (χ3n) is 6.26. The predicted molar refractivity (Wildman–Crippen MR) is 135 cm³/mol. The number of rotatable bonds is 5. The summed E-state index contributed by atoms with van der Waals surface area (Å²) in [5.41, 5.74) is 6.82. The maximum absolute atomic E-state index is 12.2.